The van der Waals surface area contributed by atoms with Crippen LogP contribution in [-0.2, 0) is 27.9 Å². The van der Waals surface area contributed by atoms with Crippen LogP contribution in [-0.4, -0.2) is 15.9 Å². The van der Waals surface area contributed by atoms with Crippen LogP contribution in [0.25, 0.3) is 0 Å². The molecule has 0 heterocycles. The van der Waals surface area contributed by atoms with Crippen molar-refractivity contribution in [3.05, 3.63) is 71.8 Å². The molecule has 0 aliphatic rings. The van der Waals surface area contributed by atoms with Crippen LogP contribution in [0.5, 0.6) is 0 Å². The van der Waals surface area contributed by atoms with E-state index in [0.29, 0.717) is 12.3 Å². The lowest BCUT2D eigenvalue weighted by Crippen LogP contribution is -2.28. The normalized spacial score (nSPS) is 11.8. The van der Waals surface area contributed by atoms with E-state index in [1.165, 1.54) is 0 Å². The summed E-state index contributed by atoms with van der Waals surface area (Å²) in [6.07, 6.45) is 0. The van der Waals surface area contributed by atoms with Gasteiger partial charge in [0.25, 0.3) is 0 Å². The average Bonchev–Trinajstić information content (AvgIpc) is 2.47. The first kappa shape index (κ1) is 14.5. The third-order valence-corrected chi connectivity index (χ3v) is 4.03. The summed E-state index contributed by atoms with van der Waals surface area (Å²) in [4.78, 5) is 11.7. The quantitative estimate of drug-likeness (QED) is 0.886. The maximum Gasteiger partial charge on any atom is 0.232 e. The third-order valence-electron chi connectivity index (χ3n) is 2.80. The van der Waals surface area contributed by atoms with E-state index in [4.69, 9.17) is 0 Å². The van der Waals surface area contributed by atoms with Crippen molar-refractivity contribution < 1.29 is 9.00 Å². The number of amides is 1. The van der Waals surface area contributed by atoms with Gasteiger partial charge >= 0.3 is 0 Å². The molecule has 0 aliphatic carbocycles. The van der Waals surface area contributed by atoms with Gasteiger partial charge in [0.1, 0.15) is 5.75 Å². The Bertz CT molecular complexity index is 570. The molecule has 3 nitrogen and oxygen atoms in total. The molecule has 1 amide bonds. The maximum absolute atomic E-state index is 11.9. The Morgan fingerprint density at radius 1 is 0.900 bits per heavy atom. The molecule has 0 aromatic heterocycles. The van der Waals surface area contributed by atoms with Crippen molar-refractivity contribution in [2.75, 3.05) is 5.75 Å². The van der Waals surface area contributed by atoms with Crippen molar-refractivity contribution in [3.8, 4) is 0 Å². The van der Waals surface area contributed by atoms with E-state index in [1.54, 1.807) is 0 Å². The van der Waals surface area contributed by atoms with Gasteiger partial charge < -0.3 is 5.32 Å². The molecule has 0 saturated carbocycles. The van der Waals surface area contributed by atoms with Gasteiger partial charge in [-0.2, -0.15) is 0 Å². The molecule has 2 rings (SSSR count). The van der Waals surface area contributed by atoms with Crippen LogP contribution < -0.4 is 5.32 Å². The standard InChI is InChI=1S/C16H17NO2S/c18-16(17-11-14-7-3-1-4-8-14)13-20(19)12-15-9-5-2-6-10-15/h1-10H,11-13H2,(H,17,18). The zero-order chi connectivity index (χ0) is 14.2. The first-order chi connectivity index (χ1) is 9.74. The summed E-state index contributed by atoms with van der Waals surface area (Å²) in [5.74, 6) is 0.282. The molecule has 1 atom stereocenters. The summed E-state index contributed by atoms with van der Waals surface area (Å²) in [7, 11) is -1.17. The Labute approximate surface area is 121 Å². The van der Waals surface area contributed by atoms with Crippen molar-refractivity contribution in [2.45, 2.75) is 12.3 Å². The third kappa shape index (κ3) is 4.97. The Kier molecular flexibility index (Phi) is 5.50. The fraction of sp³-hybridized carbons (Fsp3) is 0.188. The molecule has 0 fully saturated rings. The second-order valence-electron chi connectivity index (χ2n) is 4.48. The van der Waals surface area contributed by atoms with Crippen molar-refractivity contribution in [2.24, 2.45) is 0 Å². The van der Waals surface area contributed by atoms with Crippen molar-refractivity contribution >= 4 is 16.7 Å². The minimum absolute atomic E-state index is 0.0434. The summed E-state index contributed by atoms with van der Waals surface area (Å²) >= 11 is 0. The smallest absolute Gasteiger partial charge is 0.232 e. The summed E-state index contributed by atoms with van der Waals surface area (Å²) in [6, 6.07) is 19.2. The molecule has 2 aromatic rings. The predicted octanol–water partition coefficient (Wildman–Crippen LogP) is 2.25. The van der Waals surface area contributed by atoms with Crippen LogP contribution in [0.1, 0.15) is 11.1 Å². The van der Waals surface area contributed by atoms with Gasteiger partial charge in [-0.25, -0.2) is 0 Å². The van der Waals surface area contributed by atoms with Gasteiger partial charge in [-0.15, -0.1) is 0 Å². The Morgan fingerprint density at radius 3 is 2.05 bits per heavy atom. The Morgan fingerprint density at radius 2 is 1.45 bits per heavy atom. The summed E-state index contributed by atoms with van der Waals surface area (Å²) in [5.41, 5.74) is 2.02. The van der Waals surface area contributed by atoms with E-state index < -0.39 is 10.8 Å². The van der Waals surface area contributed by atoms with E-state index >= 15 is 0 Å². The van der Waals surface area contributed by atoms with Crippen molar-refractivity contribution in [1.82, 2.24) is 5.32 Å². The van der Waals surface area contributed by atoms with Gasteiger partial charge in [0.2, 0.25) is 5.91 Å². The number of hydrogen-bond donors (Lipinski definition) is 1. The fourth-order valence-electron chi connectivity index (χ4n) is 1.80. The van der Waals surface area contributed by atoms with Crippen LogP contribution in [0, 0.1) is 0 Å². The lowest BCUT2D eigenvalue weighted by atomic mass is 10.2. The number of carbonyl (C=O) groups excluding carboxylic acids is 1. The molecule has 0 spiro atoms. The van der Waals surface area contributed by atoms with Crippen LogP contribution >= 0.6 is 0 Å². The minimum atomic E-state index is -1.17. The summed E-state index contributed by atoms with van der Waals surface area (Å²) < 4.78 is 11.9. The Hall–Kier alpha value is -1.94. The van der Waals surface area contributed by atoms with Gasteiger partial charge in [-0.3, -0.25) is 9.00 Å². The second kappa shape index (κ2) is 7.60. The second-order valence-corrected chi connectivity index (χ2v) is 5.93. The Balaban J connectivity index is 1.75. The molecular formula is C16H17NO2S. The summed E-state index contributed by atoms with van der Waals surface area (Å²) in [6.45, 7) is 0.474. The number of carbonyl (C=O) groups is 1. The maximum atomic E-state index is 11.9. The van der Waals surface area contributed by atoms with Crippen LogP contribution in [0.15, 0.2) is 60.7 Å². The number of benzene rings is 2. The van der Waals surface area contributed by atoms with E-state index in [2.05, 4.69) is 5.32 Å². The predicted molar refractivity (Wildman–Crippen MR) is 81.4 cm³/mol. The molecule has 0 aliphatic heterocycles. The highest BCUT2D eigenvalue weighted by Gasteiger charge is 2.08. The number of hydrogen-bond acceptors (Lipinski definition) is 2. The van der Waals surface area contributed by atoms with Crippen molar-refractivity contribution in [1.29, 1.82) is 0 Å². The molecule has 1 unspecified atom stereocenters. The van der Waals surface area contributed by atoms with Crippen molar-refractivity contribution in [3.63, 3.8) is 0 Å². The first-order valence-electron chi connectivity index (χ1n) is 6.43. The van der Waals surface area contributed by atoms with Gasteiger partial charge in [-0.1, -0.05) is 60.7 Å². The molecular weight excluding hydrogens is 270 g/mol. The van der Waals surface area contributed by atoms with Crippen LogP contribution in [0.3, 0.4) is 0 Å². The monoisotopic (exact) mass is 287 g/mol. The topological polar surface area (TPSA) is 46.2 Å². The molecule has 1 N–H and O–H groups in total. The molecule has 0 saturated heterocycles. The average molecular weight is 287 g/mol. The lowest BCUT2D eigenvalue weighted by molar-refractivity contribution is -0.118. The highest BCUT2D eigenvalue weighted by Crippen LogP contribution is 2.03. The molecule has 0 bridgehead atoms. The fourth-order valence-corrected chi connectivity index (χ4v) is 2.87. The van der Waals surface area contributed by atoms with Gasteiger partial charge in [-0.05, 0) is 11.1 Å². The van der Waals surface area contributed by atoms with Crippen LogP contribution in [0.4, 0.5) is 0 Å². The van der Waals surface area contributed by atoms with Crippen LogP contribution in [0.2, 0.25) is 0 Å². The zero-order valence-electron chi connectivity index (χ0n) is 11.1. The first-order valence-corrected chi connectivity index (χ1v) is 7.92. The van der Waals surface area contributed by atoms with E-state index in [-0.39, 0.29) is 11.7 Å². The zero-order valence-corrected chi connectivity index (χ0v) is 11.9. The van der Waals surface area contributed by atoms with Gasteiger partial charge in [0, 0.05) is 23.1 Å². The largest absolute Gasteiger partial charge is 0.351 e. The lowest BCUT2D eigenvalue weighted by Gasteiger charge is -2.05. The minimum Gasteiger partial charge on any atom is -0.351 e. The number of rotatable bonds is 6. The molecule has 20 heavy (non-hydrogen) atoms. The van der Waals surface area contributed by atoms with E-state index in [1.807, 2.05) is 60.7 Å². The highest BCUT2D eigenvalue weighted by molar-refractivity contribution is 7.84. The van der Waals surface area contributed by atoms with Gasteiger partial charge in [0.15, 0.2) is 0 Å². The molecule has 4 heteroatoms. The summed E-state index contributed by atoms with van der Waals surface area (Å²) in [5, 5.41) is 2.78. The SMILES string of the molecule is O=C(CS(=O)Cc1ccccc1)NCc1ccccc1. The van der Waals surface area contributed by atoms with E-state index in [9.17, 15) is 9.00 Å². The molecule has 2 aromatic carbocycles. The molecule has 0 radical (unpaired) electrons. The highest BCUT2D eigenvalue weighted by atomic mass is 32.2. The molecule has 104 valence electrons. The number of nitrogens with one attached hydrogen (secondary N) is 1. The van der Waals surface area contributed by atoms with Gasteiger partial charge in [0.05, 0.1) is 0 Å². The van der Waals surface area contributed by atoms with E-state index in [0.717, 1.165) is 11.1 Å².